The Morgan fingerprint density at radius 2 is 1.64 bits per heavy atom. The van der Waals surface area contributed by atoms with Gasteiger partial charge in [-0.05, 0) is 20.2 Å². The van der Waals surface area contributed by atoms with Crippen molar-refractivity contribution in [2.75, 3.05) is 13.2 Å². The Bertz CT molecular complexity index is 191. The molecular weight excluding hydrogens is 183 g/mol. The molecular formula is C9H17BO4. The fraction of sp³-hybridized carbons (Fsp3) is 1.00. The standard InChI is InChI=1S/C9H17BO4/c1-4-10-11-5-7-8(6-12-10)14-9(2,3)13-7/h7-8H,4-6H2,1-3H3/t7-,8+. The Morgan fingerprint density at radius 1 is 1.14 bits per heavy atom. The van der Waals surface area contributed by atoms with Crippen LogP contribution in [0.1, 0.15) is 20.8 Å². The van der Waals surface area contributed by atoms with Crippen LogP contribution in [0.25, 0.3) is 0 Å². The zero-order chi connectivity index (χ0) is 10.2. The third-order valence-electron chi connectivity index (χ3n) is 2.51. The molecule has 80 valence electrons. The van der Waals surface area contributed by atoms with E-state index in [0.29, 0.717) is 13.2 Å². The average molecular weight is 200 g/mol. The van der Waals surface area contributed by atoms with Crippen molar-refractivity contribution in [3.05, 3.63) is 0 Å². The van der Waals surface area contributed by atoms with Crippen molar-refractivity contribution in [1.82, 2.24) is 0 Å². The van der Waals surface area contributed by atoms with E-state index in [4.69, 9.17) is 18.8 Å². The van der Waals surface area contributed by atoms with Gasteiger partial charge in [0.1, 0.15) is 12.2 Å². The van der Waals surface area contributed by atoms with E-state index in [2.05, 4.69) is 0 Å². The van der Waals surface area contributed by atoms with E-state index in [9.17, 15) is 0 Å². The van der Waals surface area contributed by atoms with E-state index < -0.39 is 5.79 Å². The maximum Gasteiger partial charge on any atom is 0.456 e. The van der Waals surface area contributed by atoms with Gasteiger partial charge in [0.2, 0.25) is 0 Å². The quantitative estimate of drug-likeness (QED) is 0.593. The molecule has 0 aliphatic carbocycles. The van der Waals surface area contributed by atoms with Gasteiger partial charge < -0.3 is 18.8 Å². The fourth-order valence-corrected chi connectivity index (χ4v) is 1.88. The Hall–Kier alpha value is -0.0951. The lowest BCUT2D eigenvalue weighted by Gasteiger charge is -2.18. The largest absolute Gasteiger partial charge is 0.456 e. The maximum absolute atomic E-state index is 5.70. The summed E-state index contributed by atoms with van der Waals surface area (Å²) in [4.78, 5) is 0. The second-order valence-corrected chi connectivity index (χ2v) is 4.22. The molecule has 0 aromatic carbocycles. The van der Waals surface area contributed by atoms with Crippen molar-refractivity contribution in [3.63, 3.8) is 0 Å². The highest BCUT2D eigenvalue weighted by atomic mass is 16.8. The van der Waals surface area contributed by atoms with Crippen LogP contribution < -0.4 is 0 Å². The van der Waals surface area contributed by atoms with Crippen LogP contribution in [0.3, 0.4) is 0 Å². The molecule has 2 aliphatic heterocycles. The van der Waals surface area contributed by atoms with E-state index in [0.717, 1.165) is 6.32 Å². The predicted molar refractivity (Wildman–Crippen MR) is 52.0 cm³/mol. The Balaban J connectivity index is 1.96. The molecule has 0 aromatic heterocycles. The van der Waals surface area contributed by atoms with Gasteiger partial charge in [-0.2, -0.15) is 0 Å². The van der Waals surface area contributed by atoms with Crippen LogP contribution in [0.5, 0.6) is 0 Å². The molecule has 0 amide bonds. The zero-order valence-corrected chi connectivity index (χ0v) is 8.99. The van der Waals surface area contributed by atoms with Gasteiger partial charge in [-0.1, -0.05) is 6.92 Å². The molecule has 14 heavy (non-hydrogen) atoms. The minimum atomic E-state index is -0.499. The highest BCUT2D eigenvalue weighted by Crippen LogP contribution is 2.30. The van der Waals surface area contributed by atoms with E-state index in [1.54, 1.807) is 0 Å². The highest BCUT2D eigenvalue weighted by molar-refractivity contribution is 6.44. The van der Waals surface area contributed by atoms with Crippen LogP contribution in [0.15, 0.2) is 0 Å². The molecule has 0 N–H and O–H groups in total. The summed E-state index contributed by atoms with van der Waals surface area (Å²) < 4.78 is 22.5. The zero-order valence-electron chi connectivity index (χ0n) is 8.99. The van der Waals surface area contributed by atoms with Crippen molar-refractivity contribution in [2.45, 2.75) is 45.1 Å². The van der Waals surface area contributed by atoms with Crippen molar-refractivity contribution in [1.29, 1.82) is 0 Å². The Kier molecular flexibility index (Phi) is 2.84. The molecule has 4 nitrogen and oxygen atoms in total. The number of rotatable bonds is 1. The van der Waals surface area contributed by atoms with Crippen LogP contribution in [0, 0.1) is 0 Å². The van der Waals surface area contributed by atoms with E-state index >= 15 is 0 Å². The van der Waals surface area contributed by atoms with E-state index in [1.807, 2.05) is 20.8 Å². The number of hydrogen-bond donors (Lipinski definition) is 0. The first-order chi connectivity index (χ1) is 6.61. The summed E-state index contributed by atoms with van der Waals surface area (Å²) in [6, 6.07) is 0. The maximum atomic E-state index is 5.70. The Morgan fingerprint density at radius 3 is 2.07 bits per heavy atom. The second kappa shape index (κ2) is 3.81. The summed E-state index contributed by atoms with van der Waals surface area (Å²) in [6.45, 7) is 6.99. The molecule has 2 fully saturated rings. The molecule has 2 aliphatic rings. The van der Waals surface area contributed by atoms with Gasteiger partial charge in [-0.3, -0.25) is 0 Å². The molecule has 0 aromatic rings. The molecule has 0 spiro atoms. The molecule has 2 saturated heterocycles. The molecule has 0 bridgehead atoms. The lowest BCUT2D eigenvalue weighted by atomic mass is 9.86. The van der Waals surface area contributed by atoms with Crippen LogP contribution >= 0.6 is 0 Å². The monoisotopic (exact) mass is 200 g/mol. The van der Waals surface area contributed by atoms with Gasteiger partial charge in [0, 0.05) is 0 Å². The number of ether oxygens (including phenoxy) is 2. The minimum absolute atomic E-state index is 0.0153. The molecule has 5 heteroatoms. The van der Waals surface area contributed by atoms with Gasteiger partial charge >= 0.3 is 7.12 Å². The third kappa shape index (κ3) is 2.11. The first kappa shape index (κ1) is 10.4. The van der Waals surface area contributed by atoms with Gasteiger partial charge in [0.05, 0.1) is 13.2 Å². The molecule has 2 rings (SSSR count). The van der Waals surface area contributed by atoms with Gasteiger partial charge in [0.25, 0.3) is 0 Å². The first-order valence-corrected chi connectivity index (χ1v) is 5.19. The molecule has 0 radical (unpaired) electrons. The van der Waals surface area contributed by atoms with E-state index in [-0.39, 0.29) is 19.3 Å². The lowest BCUT2D eigenvalue weighted by molar-refractivity contribution is -0.153. The summed E-state index contributed by atoms with van der Waals surface area (Å²) in [7, 11) is -0.101. The molecule has 0 saturated carbocycles. The van der Waals surface area contributed by atoms with Gasteiger partial charge in [0.15, 0.2) is 5.79 Å². The minimum Gasteiger partial charge on any atom is -0.408 e. The predicted octanol–water partition coefficient (Wildman–Crippen LogP) is 1.06. The second-order valence-electron chi connectivity index (χ2n) is 4.22. The average Bonchev–Trinajstić information content (AvgIpc) is 2.29. The summed E-state index contributed by atoms with van der Waals surface area (Å²) in [5.74, 6) is -0.499. The molecule has 2 heterocycles. The van der Waals surface area contributed by atoms with Crippen molar-refractivity contribution >= 4 is 7.12 Å². The lowest BCUT2D eigenvalue weighted by Crippen LogP contribution is -2.27. The Labute approximate surface area is 85.0 Å². The fourth-order valence-electron chi connectivity index (χ4n) is 1.88. The molecule has 0 unspecified atom stereocenters. The van der Waals surface area contributed by atoms with Gasteiger partial charge in [-0.25, -0.2) is 0 Å². The third-order valence-corrected chi connectivity index (χ3v) is 2.51. The van der Waals surface area contributed by atoms with Crippen LogP contribution in [0.2, 0.25) is 6.32 Å². The van der Waals surface area contributed by atoms with E-state index in [1.165, 1.54) is 0 Å². The summed E-state index contributed by atoms with van der Waals surface area (Å²) in [5, 5.41) is 0. The van der Waals surface area contributed by atoms with Crippen LogP contribution in [-0.4, -0.2) is 38.3 Å². The highest BCUT2D eigenvalue weighted by Gasteiger charge is 2.43. The molecule has 2 atom stereocenters. The van der Waals surface area contributed by atoms with Crippen molar-refractivity contribution < 1.29 is 18.8 Å². The van der Waals surface area contributed by atoms with Crippen LogP contribution in [-0.2, 0) is 18.8 Å². The van der Waals surface area contributed by atoms with Crippen LogP contribution in [0.4, 0.5) is 0 Å². The van der Waals surface area contributed by atoms with Crippen molar-refractivity contribution in [3.8, 4) is 0 Å². The topological polar surface area (TPSA) is 36.9 Å². The normalized spacial score (nSPS) is 36.6. The van der Waals surface area contributed by atoms with Crippen molar-refractivity contribution in [2.24, 2.45) is 0 Å². The number of hydrogen-bond acceptors (Lipinski definition) is 4. The summed E-state index contributed by atoms with van der Waals surface area (Å²) in [6.07, 6.45) is 0.895. The SMILES string of the molecule is CCB1OC[C@@H]2OC(C)(C)O[C@@H]2CO1. The summed E-state index contributed by atoms with van der Waals surface area (Å²) in [5.41, 5.74) is 0. The number of fused-ring (bicyclic) bond motifs is 1. The van der Waals surface area contributed by atoms with Gasteiger partial charge in [-0.15, -0.1) is 0 Å². The summed E-state index contributed by atoms with van der Waals surface area (Å²) >= 11 is 0. The first-order valence-electron chi connectivity index (χ1n) is 5.19. The smallest absolute Gasteiger partial charge is 0.408 e.